The number of hydrogen-bond acceptors (Lipinski definition) is 4. The molecule has 0 bridgehead atoms. The van der Waals surface area contributed by atoms with Crippen LogP contribution in [0.25, 0.3) is 11.1 Å². The van der Waals surface area contributed by atoms with Gasteiger partial charge in [-0.15, -0.1) is 0 Å². The molecule has 0 fully saturated rings. The summed E-state index contributed by atoms with van der Waals surface area (Å²) in [7, 11) is 1.62. The number of nitrogens with two attached hydrogens (primary N) is 1. The van der Waals surface area contributed by atoms with Crippen LogP contribution in [0, 0.1) is 5.82 Å². The van der Waals surface area contributed by atoms with E-state index in [0.717, 1.165) is 16.9 Å². The standard InChI is InChI=1S/C21H21FN4O2/c1-28-15-4-2-3-13(9-15)5-6-20(27)26-8-7-14-10-16(18(22)11-19(14)26)17-12-24-25-21(17)23/h2-4,9-12H,5-8H2,1H3,(H3,23,24,25). The van der Waals surface area contributed by atoms with Gasteiger partial charge in [0, 0.05) is 36.0 Å². The molecular weight excluding hydrogens is 359 g/mol. The van der Waals surface area contributed by atoms with Gasteiger partial charge in [0.05, 0.1) is 7.11 Å². The zero-order valence-electron chi connectivity index (χ0n) is 15.5. The number of carbonyl (C=O) groups is 1. The second-order valence-electron chi connectivity index (χ2n) is 6.79. The Hall–Kier alpha value is -3.35. The van der Waals surface area contributed by atoms with Crippen LogP contribution < -0.4 is 15.4 Å². The fraction of sp³-hybridized carbons (Fsp3) is 0.238. The maximum atomic E-state index is 14.7. The lowest BCUT2D eigenvalue weighted by molar-refractivity contribution is -0.118. The van der Waals surface area contributed by atoms with Gasteiger partial charge in [0.25, 0.3) is 0 Å². The van der Waals surface area contributed by atoms with Crippen molar-refractivity contribution in [1.29, 1.82) is 0 Å². The average Bonchev–Trinajstić information content (AvgIpc) is 3.31. The molecule has 1 amide bonds. The van der Waals surface area contributed by atoms with Gasteiger partial charge in [-0.2, -0.15) is 5.10 Å². The Labute approximate surface area is 162 Å². The average molecular weight is 380 g/mol. The van der Waals surface area contributed by atoms with Gasteiger partial charge < -0.3 is 15.4 Å². The number of nitrogens with zero attached hydrogens (tertiary/aromatic N) is 2. The van der Waals surface area contributed by atoms with Crippen LogP contribution in [0.5, 0.6) is 5.75 Å². The molecule has 144 valence electrons. The topological polar surface area (TPSA) is 84.2 Å². The van der Waals surface area contributed by atoms with E-state index in [1.54, 1.807) is 24.3 Å². The molecule has 2 heterocycles. The molecule has 1 aliphatic rings. The Balaban J connectivity index is 1.52. The Bertz CT molecular complexity index is 1030. The number of amides is 1. The van der Waals surface area contributed by atoms with Gasteiger partial charge in [-0.3, -0.25) is 9.89 Å². The Morgan fingerprint density at radius 2 is 2.18 bits per heavy atom. The molecule has 0 aliphatic carbocycles. The van der Waals surface area contributed by atoms with E-state index in [1.165, 1.54) is 6.07 Å². The minimum Gasteiger partial charge on any atom is -0.497 e. The van der Waals surface area contributed by atoms with Crippen molar-refractivity contribution in [1.82, 2.24) is 10.2 Å². The lowest BCUT2D eigenvalue weighted by atomic mass is 10.0. The van der Waals surface area contributed by atoms with Gasteiger partial charge in [0.2, 0.25) is 5.91 Å². The monoisotopic (exact) mass is 380 g/mol. The summed E-state index contributed by atoms with van der Waals surface area (Å²) in [6, 6.07) is 10.9. The number of fused-ring (bicyclic) bond motifs is 1. The van der Waals surface area contributed by atoms with Crippen molar-refractivity contribution >= 4 is 17.4 Å². The van der Waals surface area contributed by atoms with Crippen LogP contribution in [0.1, 0.15) is 17.5 Å². The summed E-state index contributed by atoms with van der Waals surface area (Å²) >= 11 is 0. The number of H-pyrrole nitrogens is 1. The fourth-order valence-corrected chi connectivity index (χ4v) is 3.61. The molecule has 3 N–H and O–H groups in total. The summed E-state index contributed by atoms with van der Waals surface area (Å²) in [5.74, 6) is 0.587. The molecule has 0 unspecified atom stereocenters. The van der Waals surface area contributed by atoms with Crippen molar-refractivity contribution in [2.75, 3.05) is 24.3 Å². The first-order chi connectivity index (χ1) is 13.6. The third-order valence-corrected chi connectivity index (χ3v) is 5.09. The number of rotatable bonds is 5. The van der Waals surface area contributed by atoms with Crippen molar-refractivity contribution < 1.29 is 13.9 Å². The minimum absolute atomic E-state index is 0.0171. The van der Waals surface area contributed by atoms with Crippen molar-refractivity contribution in [3.8, 4) is 16.9 Å². The predicted octanol–water partition coefficient (Wildman–Crippen LogP) is 3.33. The highest BCUT2D eigenvalue weighted by molar-refractivity contribution is 5.96. The normalized spacial score (nSPS) is 12.9. The lowest BCUT2D eigenvalue weighted by Crippen LogP contribution is -2.29. The van der Waals surface area contributed by atoms with E-state index in [9.17, 15) is 9.18 Å². The summed E-state index contributed by atoms with van der Waals surface area (Å²) in [6.07, 6.45) is 3.22. The van der Waals surface area contributed by atoms with Crippen LogP contribution in [0.3, 0.4) is 0 Å². The number of methoxy groups -OCH3 is 1. The summed E-state index contributed by atoms with van der Waals surface area (Å²) in [6.45, 7) is 0.552. The highest BCUT2D eigenvalue weighted by Crippen LogP contribution is 2.36. The van der Waals surface area contributed by atoms with Crippen LogP contribution in [0.4, 0.5) is 15.9 Å². The van der Waals surface area contributed by atoms with Gasteiger partial charge in [0.1, 0.15) is 11.6 Å². The van der Waals surface area contributed by atoms with Crippen LogP contribution in [-0.2, 0) is 17.6 Å². The molecule has 6 nitrogen and oxygen atoms in total. The second-order valence-corrected chi connectivity index (χ2v) is 6.79. The van der Waals surface area contributed by atoms with E-state index in [-0.39, 0.29) is 11.7 Å². The second kappa shape index (κ2) is 7.34. The maximum absolute atomic E-state index is 14.7. The number of aryl methyl sites for hydroxylation is 1. The molecule has 0 radical (unpaired) electrons. The third-order valence-electron chi connectivity index (χ3n) is 5.09. The molecule has 0 saturated heterocycles. The van der Waals surface area contributed by atoms with Gasteiger partial charge >= 0.3 is 0 Å². The first-order valence-corrected chi connectivity index (χ1v) is 9.12. The summed E-state index contributed by atoms with van der Waals surface area (Å²) < 4.78 is 19.9. The number of nitrogens with one attached hydrogen (secondary N) is 1. The maximum Gasteiger partial charge on any atom is 0.227 e. The Morgan fingerprint density at radius 1 is 1.32 bits per heavy atom. The smallest absolute Gasteiger partial charge is 0.227 e. The molecule has 7 heteroatoms. The van der Waals surface area contributed by atoms with Crippen molar-refractivity contribution in [3.05, 3.63) is 59.5 Å². The molecule has 28 heavy (non-hydrogen) atoms. The quantitative estimate of drug-likeness (QED) is 0.711. The Kier molecular flexibility index (Phi) is 4.73. The van der Waals surface area contributed by atoms with Crippen molar-refractivity contribution in [3.63, 3.8) is 0 Å². The van der Waals surface area contributed by atoms with E-state index in [0.29, 0.717) is 42.6 Å². The van der Waals surface area contributed by atoms with Crippen LogP contribution in [-0.4, -0.2) is 29.8 Å². The molecular formula is C21H21FN4O2. The Morgan fingerprint density at radius 3 is 2.93 bits per heavy atom. The molecule has 3 aromatic rings. The molecule has 1 aromatic heterocycles. The number of carbonyl (C=O) groups excluding carboxylic acids is 1. The number of anilines is 2. The number of nitrogen functional groups attached to an aromatic ring is 1. The molecule has 0 atom stereocenters. The molecule has 2 aromatic carbocycles. The number of ether oxygens (including phenoxy) is 1. The van der Waals surface area contributed by atoms with E-state index in [4.69, 9.17) is 10.5 Å². The SMILES string of the molecule is COc1cccc(CCC(=O)N2CCc3cc(-c4c[nH]nc4N)c(F)cc32)c1. The zero-order valence-corrected chi connectivity index (χ0v) is 15.5. The largest absolute Gasteiger partial charge is 0.497 e. The van der Waals surface area contributed by atoms with E-state index in [2.05, 4.69) is 10.2 Å². The molecule has 1 aliphatic heterocycles. The van der Waals surface area contributed by atoms with Crippen molar-refractivity contribution in [2.24, 2.45) is 0 Å². The number of halogens is 1. The molecule has 0 saturated carbocycles. The molecule has 0 spiro atoms. The highest BCUT2D eigenvalue weighted by atomic mass is 19.1. The lowest BCUT2D eigenvalue weighted by Gasteiger charge is -2.18. The fourth-order valence-electron chi connectivity index (χ4n) is 3.61. The van der Waals surface area contributed by atoms with Crippen LogP contribution in [0.2, 0.25) is 0 Å². The first-order valence-electron chi connectivity index (χ1n) is 9.12. The summed E-state index contributed by atoms with van der Waals surface area (Å²) in [4.78, 5) is 14.4. The summed E-state index contributed by atoms with van der Waals surface area (Å²) in [5.41, 5.74) is 9.33. The van der Waals surface area contributed by atoms with E-state index in [1.807, 2.05) is 24.3 Å². The number of hydrogen-bond donors (Lipinski definition) is 2. The van der Waals surface area contributed by atoms with Crippen LogP contribution >= 0.6 is 0 Å². The van der Waals surface area contributed by atoms with Crippen LogP contribution in [0.15, 0.2) is 42.6 Å². The number of aromatic nitrogens is 2. The summed E-state index contributed by atoms with van der Waals surface area (Å²) in [5, 5.41) is 6.49. The first kappa shape index (κ1) is 18.0. The predicted molar refractivity (Wildman–Crippen MR) is 106 cm³/mol. The van der Waals surface area contributed by atoms with E-state index >= 15 is 0 Å². The highest BCUT2D eigenvalue weighted by Gasteiger charge is 2.27. The minimum atomic E-state index is -0.417. The van der Waals surface area contributed by atoms with Gasteiger partial charge in [-0.05, 0) is 48.2 Å². The number of aromatic amines is 1. The van der Waals surface area contributed by atoms with Gasteiger partial charge in [-0.1, -0.05) is 12.1 Å². The van der Waals surface area contributed by atoms with Gasteiger partial charge in [0.15, 0.2) is 5.82 Å². The zero-order chi connectivity index (χ0) is 19.7. The van der Waals surface area contributed by atoms with Crippen molar-refractivity contribution in [2.45, 2.75) is 19.3 Å². The third kappa shape index (κ3) is 3.31. The number of benzene rings is 2. The van der Waals surface area contributed by atoms with Gasteiger partial charge in [-0.25, -0.2) is 4.39 Å². The molecule has 4 rings (SSSR count). The van der Waals surface area contributed by atoms with E-state index < -0.39 is 5.82 Å².